The lowest BCUT2D eigenvalue weighted by Crippen LogP contribution is -2.15. The Kier molecular flexibility index (Phi) is 3.24. The van der Waals surface area contributed by atoms with E-state index in [1.54, 1.807) is 22.7 Å². The predicted octanol–water partition coefficient (Wildman–Crippen LogP) is 4.65. The number of thiazole rings is 1. The van der Waals surface area contributed by atoms with Crippen molar-refractivity contribution in [2.24, 2.45) is 0 Å². The molecule has 2 heterocycles. The van der Waals surface area contributed by atoms with E-state index in [2.05, 4.69) is 41.2 Å². The second kappa shape index (κ2) is 4.88. The summed E-state index contributed by atoms with van der Waals surface area (Å²) in [5, 5.41) is 0. The fourth-order valence-electron chi connectivity index (χ4n) is 1.84. The Balaban J connectivity index is 1.84. The quantitative estimate of drug-likeness (QED) is 0.699. The predicted molar refractivity (Wildman–Crippen MR) is 81.1 cm³/mol. The van der Waals surface area contributed by atoms with Crippen LogP contribution in [0.15, 0.2) is 35.8 Å². The molecule has 0 radical (unpaired) electrons. The smallest absolute Gasteiger partial charge is 0.0931 e. The lowest BCUT2D eigenvalue weighted by Gasteiger charge is -2.18. The van der Waals surface area contributed by atoms with E-state index < -0.39 is 0 Å². The molecule has 0 saturated heterocycles. The summed E-state index contributed by atoms with van der Waals surface area (Å²) in [5.74, 6) is 0. The van der Waals surface area contributed by atoms with Crippen LogP contribution >= 0.6 is 34.3 Å². The van der Waals surface area contributed by atoms with Crippen molar-refractivity contribution in [1.82, 2.24) is 4.98 Å². The minimum atomic E-state index is 0.844. The average molecular weight is 295 g/mol. The van der Waals surface area contributed by atoms with Crippen LogP contribution in [-0.4, -0.2) is 12.0 Å². The number of benzene rings is 1. The van der Waals surface area contributed by atoms with Gasteiger partial charge in [0.15, 0.2) is 0 Å². The summed E-state index contributed by atoms with van der Waals surface area (Å²) in [6.07, 6.45) is 0. The first kappa shape index (κ1) is 12.0. The van der Waals surface area contributed by atoms with E-state index in [1.807, 2.05) is 11.6 Å². The van der Waals surface area contributed by atoms with Crippen LogP contribution in [0.25, 0.3) is 10.2 Å². The monoisotopic (exact) mass is 294 g/mol. The van der Waals surface area contributed by atoms with Gasteiger partial charge in [0.1, 0.15) is 0 Å². The SMILES string of the molecule is CN(Cc1ccc(Cl)s1)c1ccc2ncsc2c1. The van der Waals surface area contributed by atoms with Crippen molar-refractivity contribution in [1.29, 1.82) is 0 Å². The molecule has 1 aromatic carbocycles. The second-order valence-electron chi connectivity index (χ2n) is 4.07. The van der Waals surface area contributed by atoms with Gasteiger partial charge >= 0.3 is 0 Å². The molecule has 0 atom stereocenters. The van der Waals surface area contributed by atoms with Gasteiger partial charge in [-0.05, 0) is 30.3 Å². The first-order valence-corrected chi connectivity index (χ1v) is 7.58. The van der Waals surface area contributed by atoms with Crippen molar-refractivity contribution < 1.29 is 0 Å². The lowest BCUT2D eigenvalue weighted by molar-refractivity contribution is 0.942. The number of anilines is 1. The maximum Gasteiger partial charge on any atom is 0.0931 e. The number of nitrogens with zero attached hydrogens (tertiary/aromatic N) is 2. The summed E-state index contributed by atoms with van der Waals surface area (Å²) < 4.78 is 2.07. The zero-order valence-corrected chi connectivity index (χ0v) is 12.1. The summed E-state index contributed by atoms with van der Waals surface area (Å²) in [6.45, 7) is 0.877. The Labute approximate surface area is 118 Å². The van der Waals surface area contributed by atoms with Gasteiger partial charge in [-0.2, -0.15) is 0 Å². The number of thiophene rings is 1. The van der Waals surface area contributed by atoms with Gasteiger partial charge in [-0.3, -0.25) is 0 Å². The van der Waals surface area contributed by atoms with Gasteiger partial charge in [0.25, 0.3) is 0 Å². The van der Waals surface area contributed by atoms with Crippen LogP contribution in [-0.2, 0) is 6.54 Å². The standard InChI is InChI=1S/C13H11ClN2S2/c1-16(7-10-3-5-13(14)18-10)9-2-4-11-12(6-9)17-8-15-11/h2-6,8H,7H2,1H3. The molecular formula is C13H11ClN2S2. The van der Waals surface area contributed by atoms with Crippen molar-refractivity contribution in [3.8, 4) is 0 Å². The highest BCUT2D eigenvalue weighted by Crippen LogP contribution is 2.27. The molecule has 0 spiro atoms. The third-order valence-electron chi connectivity index (χ3n) is 2.78. The average Bonchev–Trinajstić information content (AvgIpc) is 2.96. The maximum absolute atomic E-state index is 5.95. The molecule has 0 amide bonds. The third-order valence-corrected chi connectivity index (χ3v) is 4.79. The van der Waals surface area contributed by atoms with Crippen molar-refractivity contribution in [2.75, 3.05) is 11.9 Å². The van der Waals surface area contributed by atoms with E-state index >= 15 is 0 Å². The van der Waals surface area contributed by atoms with Gasteiger partial charge in [0.05, 0.1) is 26.6 Å². The molecule has 2 aromatic heterocycles. The lowest BCUT2D eigenvalue weighted by atomic mass is 10.2. The van der Waals surface area contributed by atoms with Crippen molar-refractivity contribution in [2.45, 2.75) is 6.54 Å². The summed E-state index contributed by atoms with van der Waals surface area (Å²) >= 11 is 9.25. The van der Waals surface area contributed by atoms with Gasteiger partial charge in [0.2, 0.25) is 0 Å². The van der Waals surface area contributed by atoms with Crippen LogP contribution in [0.1, 0.15) is 4.88 Å². The molecule has 0 bridgehead atoms. The van der Waals surface area contributed by atoms with Crippen molar-refractivity contribution in [3.05, 3.63) is 45.1 Å². The van der Waals surface area contributed by atoms with E-state index in [1.165, 1.54) is 15.3 Å². The van der Waals surface area contributed by atoms with E-state index in [4.69, 9.17) is 11.6 Å². The minimum absolute atomic E-state index is 0.844. The summed E-state index contributed by atoms with van der Waals surface area (Å²) in [4.78, 5) is 7.78. The van der Waals surface area contributed by atoms with Crippen molar-refractivity contribution >= 4 is 50.2 Å². The Hall–Kier alpha value is -1.10. The summed E-state index contributed by atoms with van der Waals surface area (Å²) in [6, 6.07) is 10.4. The second-order valence-corrected chi connectivity index (χ2v) is 6.75. The molecule has 0 aliphatic heterocycles. The third kappa shape index (κ3) is 2.36. The van der Waals surface area contributed by atoms with Gasteiger partial charge in [0, 0.05) is 17.6 Å². The number of aromatic nitrogens is 1. The van der Waals surface area contributed by atoms with Gasteiger partial charge in [-0.25, -0.2) is 4.98 Å². The number of halogens is 1. The Morgan fingerprint density at radius 3 is 2.94 bits per heavy atom. The molecular weight excluding hydrogens is 284 g/mol. The summed E-state index contributed by atoms with van der Waals surface area (Å²) in [7, 11) is 2.09. The molecule has 2 nitrogen and oxygen atoms in total. The molecule has 18 heavy (non-hydrogen) atoms. The summed E-state index contributed by atoms with van der Waals surface area (Å²) in [5.41, 5.74) is 4.15. The van der Waals surface area contributed by atoms with Crippen LogP contribution in [0.3, 0.4) is 0 Å². The largest absolute Gasteiger partial charge is 0.369 e. The van der Waals surface area contributed by atoms with Gasteiger partial charge < -0.3 is 4.90 Å². The molecule has 0 unspecified atom stereocenters. The van der Waals surface area contributed by atoms with Crippen LogP contribution in [0.2, 0.25) is 4.34 Å². The highest BCUT2D eigenvalue weighted by atomic mass is 35.5. The molecule has 3 rings (SSSR count). The Morgan fingerprint density at radius 1 is 1.28 bits per heavy atom. The van der Waals surface area contributed by atoms with E-state index in [0.717, 1.165) is 16.4 Å². The molecule has 5 heteroatoms. The van der Waals surface area contributed by atoms with Crippen LogP contribution in [0.4, 0.5) is 5.69 Å². The van der Waals surface area contributed by atoms with E-state index in [0.29, 0.717) is 0 Å². The molecule has 0 fully saturated rings. The molecule has 0 N–H and O–H groups in total. The Morgan fingerprint density at radius 2 is 2.17 bits per heavy atom. The molecule has 0 saturated carbocycles. The minimum Gasteiger partial charge on any atom is -0.369 e. The maximum atomic E-state index is 5.95. The van der Waals surface area contributed by atoms with E-state index in [-0.39, 0.29) is 0 Å². The Bertz CT molecular complexity index is 674. The normalized spacial score (nSPS) is 11.0. The van der Waals surface area contributed by atoms with Crippen LogP contribution in [0.5, 0.6) is 0 Å². The number of hydrogen-bond donors (Lipinski definition) is 0. The topological polar surface area (TPSA) is 16.1 Å². The molecule has 0 aliphatic carbocycles. The number of fused-ring (bicyclic) bond motifs is 1. The first-order valence-electron chi connectivity index (χ1n) is 5.51. The van der Waals surface area contributed by atoms with Gasteiger partial charge in [-0.15, -0.1) is 22.7 Å². The number of rotatable bonds is 3. The van der Waals surface area contributed by atoms with Crippen LogP contribution in [0, 0.1) is 0 Å². The van der Waals surface area contributed by atoms with Gasteiger partial charge in [-0.1, -0.05) is 11.6 Å². The molecule has 0 aliphatic rings. The molecule has 92 valence electrons. The number of hydrogen-bond acceptors (Lipinski definition) is 4. The zero-order valence-electron chi connectivity index (χ0n) is 9.76. The fraction of sp³-hybridized carbons (Fsp3) is 0.154. The first-order chi connectivity index (χ1) is 8.72. The fourth-order valence-corrected chi connectivity index (χ4v) is 3.69. The van der Waals surface area contributed by atoms with Crippen molar-refractivity contribution in [3.63, 3.8) is 0 Å². The highest BCUT2D eigenvalue weighted by molar-refractivity contribution is 7.16. The molecule has 3 aromatic rings. The highest BCUT2D eigenvalue weighted by Gasteiger charge is 2.06. The van der Waals surface area contributed by atoms with E-state index in [9.17, 15) is 0 Å². The van der Waals surface area contributed by atoms with Crippen LogP contribution < -0.4 is 4.90 Å². The zero-order chi connectivity index (χ0) is 12.5.